The zero-order chi connectivity index (χ0) is 27.1. The van der Waals surface area contributed by atoms with E-state index in [9.17, 15) is 27.5 Å². The van der Waals surface area contributed by atoms with E-state index in [1.807, 2.05) is 0 Å². The zero-order valence-electron chi connectivity index (χ0n) is 19.8. The Bertz CT molecular complexity index is 1100. The van der Waals surface area contributed by atoms with E-state index >= 15 is 0 Å². The van der Waals surface area contributed by atoms with Gasteiger partial charge in [-0.1, -0.05) is 31.5 Å². The van der Waals surface area contributed by atoms with Crippen molar-refractivity contribution >= 4 is 29.1 Å². The van der Waals surface area contributed by atoms with Crippen LogP contribution in [-0.4, -0.2) is 47.3 Å². The maximum atomic E-state index is 14.8. The summed E-state index contributed by atoms with van der Waals surface area (Å²) in [6.07, 6.45) is -2.46. The van der Waals surface area contributed by atoms with Gasteiger partial charge in [0.05, 0.1) is 11.3 Å². The van der Waals surface area contributed by atoms with E-state index in [4.69, 9.17) is 20.0 Å². The lowest BCUT2D eigenvalue weighted by Gasteiger charge is -2.34. The minimum absolute atomic E-state index is 0.000875. The fraction of sp³-hybridized carbons (Fsp3) is 0.565. The highest BCUT2D eigenvalue weighted by Crippen LogP contribution is 2.32. The number of benzene rings is 1. The lowest BCUT2D eigenvalue weighted by atomic mass is 9.79. The Labute approximate surface area is 214 Å². The summed E-state index contributed by atoms with van der Waals surface area (Å²) in [4.78, 5) is 17.0. The van der Waals surface area contributed by atoms with Gasteiger partial charge in [0.25, 0.3) is 5.91 Å². The number of carbonyl (C=O) groups is 1. The molecule has 3 rings (SSSR count). The molecule has 1 aromatic heterocycles. The van der Waals surface area contributed by atoms with Gasteiger partial charge in [0.2, 0.25) is 0 Å². The van der Waals surface area contributed by atoms with Crippen molar-refractivity contribution in [2.24, 2.45) is 5.92 Å². The molecule has 0 spiro atoms. The summed E-state index contributed by atoms with van der Waals surface area (Å²) in [6.45, 7) is 3.95. The predicted octanol–water partition coefficient (Wildman–Crippen LogP) is 4.72. The van der Waals surface area contributed by atoms with E-state index in [-0.39, 0.29) is 35.1 Å². The number of halogens is 5. The smallest absolute Gasteiger partial charge is 0.388 e. The highest BCUT2D eigenvalue weighted by Gasteiger charge is 2.33. The quantitative estimate of drug-likeness (QED) is 0.483. The molecule has 1 saturated carbocycles. The molecule has 13 heteroatoms. The monoisotopic (exact) mass is 553 g/mol. The van der Waals surface area contributed by atoms with Crippen molar-refractivity contribution in [1.82, 2.24) is 14.9 Å². The zero-order valence-corrected chi connectivity index (χ0v) is 21.4. The Morgan fingerprint density at radius 1 is 1.31 bits per heavy atom. The van der Waals surface area contributed by atoms with Gasteiger partial charge in [-0.3, -0.25) is 9.36 Å². The molecule has 0 radical (unpaired) electrons. The van der Waals surface area contributed by atoms with Crippen LogP contribution in [0.5, 0.6) is 0 Å². The van der Waals surface area contributed by atoms with Crippen LogP contribution < -0.4 is 5.32 Å². The van der Waals surface area contributed by atoms with Crippen molar-refractivity contribution in [2.45, 2.75) is 70.6 Å². The third kappa shape index (κ3) is 8.10. The summed E-state index contributed by atoms with van der Waals surface area (Å²) in [5.74, 6) is -0.478. The third-order valence-corrected chi connectivity index (χ3v) is 6.50. The van der Waals surface area contributed by atoms with Gasteiger partial charge in [0, 0.05) is 19.4 Å². The van der Waals surface area contributed by atoms with Crippen LogP contribution >= 0.6 is 11.6 Å². The molecule has 1 aliphatic rings. The maximum Gasteiger partial charge on any atom is 0.389 e. The number of aliphatic hydroxyl groups is 1. The lowest BCUT2D eigenvalue weighted by molar-refractivity contribution is -0.134. The number of carbonyl (C=O) groups excluding carboxylic acids is 1. The first-order valence-corrected chi connectivity index (χ1v) is 12.4. The van der Waals surface area contributed by atoms with Crippen LogP contribution in [0.3, 0.4) is 0 Å². The minimum atomic E-state index is -4.33. The second-order valence-corrected chi connectivity index (χ2v) is 9.41. The normalized spacial score (nSPS) is 19.8. The highest BCUT2D eigenvalue weighted by molar-refractivity contribution is 7.51. The number of imidazole rings is 1. The summed E-state index contributed by atoms with van der Waals surface area (Å²) in [7, 11) is 0. The molecule has 0 aliphatic heterocycles. The van der Waals surface area contributed by atoms with Gasteiger partial charge in [-0.15, -0.1) is 0 Å². The molecule has 1 fully saturated rings. The van der Waals surface area contributed by atoms with Crippen LogP contribution in [0.4, 0.5) is 17.6 Å². The molecule has 7 nitrogen and oxygen atoms in total. The van der Waals surface area contributed by atoms with E-state index in [1.54, 1.807) is 6.92 Å². The van der Waals surface area contributed by atoms with E-state index in [2.05, 4.69) is 17.2 Å². The molecule has 1 heterocycles. The largest absolute Gasteiger partial charge is 0.389 e. The second kappa shape index (κ2) is 12.8. The van der Waals surface area contributed by atoms with Gasteiger partial charge in [0.15, 0.2) is 5.69 Å². The van der Waals surface area contributed by atoms with Crippen LogP contribution in [0.15, 0.2) is 18.2 Å². The summed E-state index contributed by atoms with van der Waals surface area (Å²) in [6, 6.07) is 3.77. The molecule has 0 bridgehead atoms. The number of alkyl halides is 3. The van der Waals surface area contributed by atoms with Crippen molar-refractivity contribution in [1.29, 1.82) is 0 Å². The lowest BCUT2D eigenvalue weighted by Crippen LogP contribution is -2.45. The van der Waals surface area contributed by atoms with Crippen molar-refractivity contribution in [2.75, 3.05) is 6.54 Å². The predicted molar refractivity (Wildman–Crippen MR) is 126 cm³/mol. The standard InChI is InChI=1S/C23H28ClF4N3O2.O2S/c1-3-18-30-19(21(32)29-13-22(33)9-6-14(2)7-10-22)20(24)31(18)17-5-4-15(12-16(17)25)8-11-23(26,27)28;1-3-2/h4-5,12,14,33H,3,6-11,13H2,1-2H3,(H,29,32);. The molecule has 1 aliphatic carbocycles. The first-order valence-electron chi connectivity index (χ1n) is 11.4. The molecule has 0 atom stereocenters. The molecule has 1 amide bonds. The summed E-state index contributed by atoms with van der Waals surface area (Å²) in [5.41, 5.74) is -0.875. The van der Waals surface area contributed by atoms with E-state index in [0.29, 0.717) is 31.0 Å². The molecule has 200 valence electrons. The number of rotatable bonds is 7. The number of amides is 1. The van der Waals surface area contributed by atoms with Crippen molar-refractivity contribution in [3.63, 3.8) is 0 Å². The van der Waals surface area contributed by atoms with E-state index in [1.165, 1.54) is 16.7 Å². The van der Waals surface area contributed by atoms with Gasteiger partial charge in [-0.05, 0) is 55.7 Å². The number of hydrogen-bond acceptors (Lipinski definition) is 5. The Morgan fingerprint density at radius 3 is 2.44 bits per heavy atom. The van der Waals surface area contributed by atoms with Gasteiger partial charge in [0.1, 0.15) is 16.8 Å². The Kier molecular flexibility index (Phi) is 10.6. The second-order valence-electron chi connectivity index (χ2n) is 8.91. The number of nitrogens with one attached hydrogen (secondary N) is 1. The van der Waals surface area contributed by atoms with E-state index < -0.39 is 41.5 Å². The molecular formula is C23H28ClF4N3O4S. The SMILES string of the molecule is CCc1nc(C(=O)NCC2(O)CCC(C)CC2)c(Cl)n1-c1ccc(CCC(F)(F)F)cc1F.O=S=O. The highest BCUT2D eigenvalue weighted by atomic mass is 35.5. The molecule has 36 heavy (non-hydrogen) atoms. The molecule has 2 N–H and O–H groups in total. The Hall–Kier alpha value is -2.31. The fourth-order valence-electron chi connectivity index (χ4n) is 4.05. The first kappa shape index (κ1) is 29.9. The van der Waals surface area contributed by atoms with Crippen LogP contribution in [0.25, 0.3) is 5.69 Å². The van der Waals surface area contributed by atoms with Crippen LogP contribution in [-0.2, 0) is 24.4 Å². The van der Waals surface area contributed by atoms with Crippen LogP contribution in [0.1, 0.15) is 67.8 Å². The molecule has 2 aromatic rings. The van der Waals surface area contributed by atoms with Crippen molar-refractivity contribution in [3.05, 3.63) is 46.3 Å². The first-order chi connectivity index (χ1) is 16.8. The number of aromatic nitrogens is 2. The number of hydrogen-bond donors (Lipinski definition) is 2. The minimum Gasteiger partial charge on any atom is -0.388 e. The third-order valence-electron chi connectivity index (χ3n) is 6.16. The summed E-state index contributed by atoms with van der Waals surface area (Å²) >= 11 is 5.66. The average molecular weight is 554 g/mol. The topological polar surface area (TPSA) is 101 Å². The van der Waals surface area contributed by atoms with Crippen molar-refractivity contribution in [3.8, 4) is 5.69 Å². The van der Waals surface area contributed by atoms with E-state index in [0.717, 1.165) is 18.9 Å². The fourth-order valence-corrected chi connectivity index (χ4v) is 4.37. The van der Waals surface area contributed by atoms with Crippen LogP contribution in [0.2, 0.25) is 5.15 Å². The number of aryl methyl sites for hydroxylation is 2. The maximum absolute atomic E-state index is 14.8. The Balaban J connectivity index is 0.00000145. The molecule has 0 unspecified atom stereocenters. The average Bonchev–Trinajstić information content (AvgIpc) is 3.14. The summed E-state index contributed by atoms with van der Waals surface area (Å²) in [5, 5.41) is 13.3. The van der Waals surface area contributed by atoms with Crippen molar-refractivity contribution < 1.29 is 35.9 Å². The van der Waals surface area contributed by atoms with Gasteiger partial charge in [-0.25, -0.2) is 9.37 Å². The molecule has 0 saturated heterocycles. The van der Waals surface area contributed by atoms with Gasteiger partial charge >= 0.3 is 17.7 Å². The van der Waals surface area contributed by atoms with Gasteiger partial charge < -0.3 is 10.4 Å². The van der Waals surface area contributed by atoms with Gasteiger partial charge in [-0.2, -0.15) is 21.6 Å². The number of nitrogens with zero attached hydrogens (tertiary/aromatic N) is 2. The molecular weight excluding hydrogens is 526 g/mol. The van der Waals surface area contributed by atoms with Crippen LogP contribution in [0, 0.1) is 11.7 Å². The Morgan fingerprint density at radius 2 is 1.92 bits per heavy atom. The summed E-state index contributed by atoms with van der Waals surface area (Å²) < 4.78 is 70.1. The molecule has 1 aromatic carbocycles.